The molecule has 0 bridgehead atoms. The molecule has 126 valence electrons. The van der Waals surface area contributed by atoms with Crippen LogP contribution in [0.1, 0.15) is 5.56 Å². The number of carboxylic acids is 2. The van der Waals surface area contributed by atoms with Gasteiger partial charge in [0.15, 0.2) is 11.5 Å². The van der Waals surface area contributed by atoms with Crippen LogP contribution in [0, 0.1) is 0 Å². The van der Waals surface area contributed by atoms with Crippen LogP contribution in [-0.4, -0.2) is 50.2 Å². The molecule has 0 saturated heterocycles. The van der Waals surface area contributed by atoms with E-state index in [0.29, 0.717) is 5.56 Å². The van der Waals surface area contributed by atoms with Crippen LogP contribution in [0.2, 0.25) is 0 Å². The minimum Gasteiger partial charge on any atom is -0.566 e. The molecular formula is C12H13O10P. The number of hydrogen-bond acceptors (Lipinski definition) is 8. The topological polar surface area (TPSA) is 185 Å². The van der Waals surface area contributed by atoms with Gasteiger partial charge in [-0.2, -0.15) is 0 Å². The van der Waals surface area contributed by atoms with E-state index in [-0.39, 0.29) is 11.5 Å². The first-order valence-electron chi connectivity index (χ1n) is 5.75. The van der Waals surface area contributed by atoms with Crippen molar-refractivity contribution >= 4 is 26.3 Å². The molecule has 1 aromatic carbocycles. The molecule has 11 heteroatoms. The van der Waals surface area contributed by atoms with Crippen molar-refractivity contribution in [2.24, 2.45) is 0 Å². The summed E-state index contributed by atoms with van der Waals surface area (Å²) in [6, 6.07) is 4.06. The highest BCUT2D eigenvalue weighted by Gasteiger charge is 2.23. The monoisotopic (exact) mass is 348 g/mol. The summed E-state index contributed by atoms with van der Waals surface area (Å²) >= 11 is 0. The Bertz CT molecular complexity index is 598. The van der Waals surface area contributed by atoms with Crippen LogP contribution in [0.4, 0.5) is 0 Å². The van der Waals surface area contributed by atoms with Gasteiger partial charge in [0.05, 0.1) is 6.61 Å². The largest absolute Gasteiger partial charge is 0.566 e. The lowest BCUT2D eigenvalue weighted by Gasteiger charge is -2.00. The molecule has 0 spiro atoms. The fourth-order valence-electron chi connectivity index (χ4n) is 1.07. The molecule has 1 aromatic rings. The van der Waals surface area contributed by atoms with E-state index in [1.807, 2.05) is 0 Å². The van der Waals surface area contributed by atoms with Gasteiger partial charge in [-0.25, -0.2) is 9.59 Å². The summed E-state index contributed by atoms with van der Waals surface area (Å²) in [6.07, 6.45) is 0.592. The standard InChI is InChI=1S/C9H8O4.C3H5O6P/c10-7-3-1-6(5-8(7)11)2-4-9(12)13;4-1-2(3(5)6)9-10(7)8/h1-5,10-11H,(H,12,13);2,4H,1H2,(H,5,6). The van der Waals surface area contributed by atoms with Crippen molar-refractivity contribution in [2.75, 3.05) is 6.61 Å². The van der Waals surface area contributed by atoms with Gasteiger partial charge in [-0.05, 0) is 28.3 Å². The Morgan fingerprint density at radius 3 is 2.22 bits per heavy atom. The zero-order valence-corrected chi connectivity index (χ0v) is 12.3. The summed E-state index contributed by atoms with van der Waals surface area (Å²) in [7, 11) is -3.22. The van der Waals surface area contributed by atoms with E-state index in [1.54, 1.807) is 0 Å². The number of rotatable bonds is 6. The smallest absolute Gasteiger partial charge is 0.489 e. The maximum absolute atomic E-state index is 10.1. The number of benzene rings is 1. The Labute approximate surface area is 130 Å². The highest BCUT2D eigenvalue weighted by atomic mass is 31.1. The quantitative estimate of drug-likeness (QED) is 0.259. The first kappa shape index (κ1) is 20.5. The third-order valence-electron chi connectivity index (χ3n) is 2.07. The number of carboxylic acid groups (broad SMARTS) is 2. The third kappa shape index (κ3) is 9.17. The lowest BCUT2D eigenvalue weighted by Crippen LogP contribution is -2.26. The molecule has 0 aromatic heterocycles. The van der Waals surface area contributed by atoms with Crippen LogP contribution in [0.25, 0.3) is 6.08 Å². The van der Waals surface area contributed by atoms with E-state index in [0.717, 1.165) is 6.08 Å². The fourth-order valence-corrected chi connectivity index (χ4v) is 1.44. The summed E-state index contributed by atoms with van der Waals surface area (Å²) in [5.41, 5.74) is 0.512. The molecule has 0 fully saturated rings. The van der Waals surface area contributed by atoms with Crippen LogP contribution >= 0.6 is 8.25 Å². The number of aliphatic hydroxyl groups is 1. The maximum atomic E-state index is 10.1. The lowest BCUT2D eigenvalue weighted by molar-refractivity contribution is -0.194. The molecule has 2 unspecified atom stereocenters. The van der Waals surface area contributed by atoms with E-state index in [1.165, 1.54) is 24.3 Å². The van der Waals surface area contributed by atoms with Gasteiger partial charge in [0.2, 0.25) is 6.10 Å². The van der Waals surface area contributed by atoms with Crippen LogP contribution in [0.15, 0.2) is 24.3 Å². The van der Waals surface area contributed by atoms with Crippen LogP contribution in [0.5, 0.6) is 11.5 Å². The maximum Gasteiger partial charge on any atom is 0.489 e. The number of phenols is 2. The van der Waals surface area contributed by atoms with Gasteiger partial charge in [0.25, 0.3) is 0 Å². The van der Waals surface area contributed by atoms with Gasteiger partial charge in [0, 0.05) is 6.08 Å². The summed E-state index contributed by atoms with van der Waals surface area (Å²) in [5.74, 6) is -3.07. The second-order valence-corrected chi connectivity index (χ2v) is 4.42. The van der Waals surface area contributed by atoms with Gasteiger partial charge in [-0.3, -0.25) is 0 Å². The molecule has 5 N–H and O–H groups in total. The van der Waals surface area contributed by atoms with E-state index < -0.39 is 32.9 Å². The number of hydrogen-bond donors (Lipinski definition) is 5. The molecule has 0 amide bonds. The van der Waals surface area contributed by atoms with E-state index in [4.69, 9.17) is 25.5 Å². The number of phenolic OH excluding ortho intramolecular Hbond substituents is 2. The summed E-state index contributed by atoms with van der Waals surface area (Å²) in [6.45, 7) is -0.862. The highest BCUT2D eigenvalue weighted by Crippen LogP contribution is 2.25. The van der Waals surface area contributed by atoms with E-state index in [2.05, 4.69) is 4.52 Å². The van der Waals surface area contributed by atoms with E-state index in [9.17, 15) is 19.0 Å². The average molecular weight is 348 g/mol. The molecule has 1 rings (SSSR count). The summed E-state index contributed by atoms with van der Waals surface area (Å²) < 4.78 is 13.5. The third-order valence-corrected chi connectivity index (χ3v) is 2.50. The minimum atomic E-state index is -3.22. The van der Waals surface area contributed by atoms with Gasteiger partial charge in [-0.1, -0.05) is 6.07 Å². The number of aromatic hydroxyl groups is 2. The second kappa shape index (κ2) is 10.2. The zero-order valence-electron chi connectivity index (χ0n) is 11.4. The lowest BCUT2D eigenvalue weighted by atomic mass is 10.2. The summed E-state index contributed by atoms with van der Waals surface area (Å²) in [5, 5.41) is 42.5. The Hall–Kier alpha value is -2.52. The molecule has 0 saturated carbocycles. The number of carbonyl (C=O) groups is 2. The molecule has 0 radical (unpaired) electrons. The minimum absolute atomic E-state index is 0.229. The van der Waals surface area contributed by atoms with Crippen LogP contribution in [-0.2, 0) is 18.7 Å². The normalized spacial score (nSPS) is 12.2. The molecule has 0 aliphatic heterocycles. The van der Waals surface area contributed by atoms with Gasteiger partial charge >= 0.3 is 20.2 Å². The van der Waals surface area contributed by atoms with Crippen molar-refractivity contribution < 1.29 is 49.1 Å². The van der Waals surface area contributed by atoms with Crippen LogP contribution in [0.3, 0.4) is 0 Å². The Morgan fingerprint density at radius 2 is 1.87 bits per heavy atom. The molecule has 0 heterocycles. The van der Waals surface area contributed by atoms with E-state index >= 15 is 0 Å². The fraction of sp³-hybridized carbons (Fsp3) is 0.167. The average Bonchev–Trinajstić information content (AvgIpc) is 2.46. The molecule has 23 heavy (non-hydrogen) atoms. The molecule has 2 atom stereocenters. The SMILES string of the molecule is O=C(O)C(CO)O[P+](=O)[O-].O=C(O)C=Cc1ccc(O)c(O)c1. The summed E-state index contributed by atoms with van der Waals surface area (Å²) in [4.78, 5) is 29.8. The van der Waals surface area contributed by atoms with Crippen molar-refractivity contribution in [3.05, 3.63) is 29.8 Å². The number of aliphatic carboxylic acids is 2. The van der Waals surface area contributed by atoms with Crippen molar-refractivity contribution in [1.82, 2.24) is 0 Å². The Balaban J connectivity index is 0.000000438. The molecule has 0 aliphatic rings. The van der Waals surface area contributed by atoms with Gasteiger partial charge < -0.3 is 30.4 Å². The highest BCUT2D eigenvalue weighted by molar-refractivity contribution is 7.30. The zero-order chi connectivity index (χ0) is 18.0. The van der Waals surface area contributed by atoms with Crippen molar-refractivity contribution in [3.63, 3.8) is 0 Å². The second-order valence-electron chi connectivity index (χ2n) is 3.76. The first-order valence-corrected chi connectivity index (χ1v) is 6.84. The molecule has 0 aliphatic carbocycles. The molecule has 10 nitrogen and oxygen atoms in total. The molecular weight excluding hydrogens is 335 g/mol. The Morgan fingerprint density at radius 1 is 1.26 bits per heavy atom. The van der Waals surface area contributed by atoms with Crippen molar-refractivity contribution in [3.8, 4) is 11.5 Å². The van der Waals surface area contributed by atoms with Crippen molar-refractivity contribution in [1.29, 1.82) is 0 Å². The van der Waals surface area contributed by atoms with Crippen molar-refractivity contribution in [2.45, 2.75) is 6.10 Å². The Kier molecular flexibility index (Phi) is 9.12. The first-order chi connectivity index (χ1) is 10.7. The number of aliphatic hydroxyl groups excluding tert-OH is 1. The predicted octanol–water partition coefficient (Wildman–Crippen LogP) is -0.338. The van der Waals surface area contributed by atoms with Gasteiger partial charge in [-0.15, -0.1) is 4.52 Å². The predicted molar refractivity (Wildman–Crippen MR) is 73.6 cm³/mol. The van der Waals surface area contributed by atoms with Gasteiger partial charge in [0.1, 0.15) is 0 Å². The van der Waals surface area contributed by atoms with Crippen LogP contribution < -0.4 is 4.89 Å².